The molecule has 0 radical (unpaired) electrons. The molecular weight excluding hydrogens is 270 g/mol. The Hall–Kier alpha value is -1.44. The van der Waals surface area contributed by atoms with Crippen LogP contribution in [-0.2, 0) is 16.0 Å². The number of rotatable bonds is 2. The number of hydrogen-bond donors (Lipinski definition) is 1. The van der Waals surface area contributed by atoms with Crippen LogP contribution in [0, 0.1) is 0 Å². The van der Waals surface area contributed by atoms with E-state index in [2.05, 4.69) is 15.0 Å². The summed E-state index contributed by atoms with van der Waals surface area (Å²) in [5.41, 5.74) is 6.67. The summed E-state index contributed by atoms with van der Waals surface area (Å²) in [7, 11) is 0. The average molecular weight is 284 g/mol. The largest absolute Gasteiger partial charge is 0.368 e. The molecule has 19 heavy (non-hydrogen) atoms. The molecule has 0 amide bonds. The molecule has 3 rings (SSSR count). The van der Waals surface area contributed by atoms with Crippen molar-refractivity contribution in [2.24, 2.45) is 0 Å². The SMILES string of the molecule is CC1(C)OCC(Cn2cnc3nc(N)nc(Cl)c32)O1. The Bertz CT molecular complexity index is 627. The number of ether oxygens (including phenoxy) is 2. The summed E-state index contributed by atoms with van der Waals surface area (Å²) in [6, 6.07) is 0. The molecule has 2 aromatic rings. The number of halogens is 1. The summed E-state index contributed by atoms with van der Waals surface area (Å²) in [5.74, 6) is -0.435. The maximum Gasteiger partial charge on any atom is 0.223 e. The number of aromatic nitrogens is 4. The lowest BCUT2D eigenvalue weighted by Gasteiger charge is -2.17. The predicted octanol–water partition coefficient (Wildman–Crippen LogP) is 1.21. The molecule has 3 heterocycles. The highest BCUT2D eigenvalue weighted by atomic mass is 35.5. The van der Waals surface area contributed by atoms with E-state index in [9.17, 15) is 0 Å². The van der Waals surface area contributed by atoms with Crippen molar-refractivity contribution < 1.29 is 9.47 Å². The lowest BCUT2D eigenvalue weighted by atomic mass is 10.3. The Balaban J connectivity index is 1.90. The molecule has 2 aromatic heterocycles. The summed E-state index contributed by atoms with van der Waals surface area (Å²) < 4.78 is 13.1. The van der Waals surface area contributed by atoms with Crippen LogP contribution < -0.4 is 5.73 Å². The van der Waals surface area contributed by atoms with Crippen molar-refractivity contribution in [3.05, 3.63) is 11.5 Å². The van der Waals surface area contributed by atoms with E-state index in [1.165, 1.54) is 0 Å². The first-order valence-electron chi connectivity index (χ1n) is 5.90. The first-order chi connectivity index (χ1) is 8.94. The fourth-order valence-electron chi connectivity index (χ4n) is 2.16. The quantitative estimate of drug-likeness (QED) is 0.834. The Morgan fingerprint density at radius 2 is 2.32 bits per heavy atom. The zero-order valence-electron chi connectivity index (χ0n) is 10.6. The van der Waals surface area contributed by atoms with Crippen LogP contribution >= 0.6 is 11.6 Å². The molecule has 1 unspecified atom stereocenters. The van der Waals surface area contributed by atoms with E-state index in [0.29, 0.717) is 24.3 Å². The van der Waals surface area contributed by atoms with Gasteiger partial charge in [-0.2, -0.15) is 9.97 Å². The van der Waals surface area contributed by atoms with Gasteiger partial charge in [0.05, 0.1) is 19.5 Å². The van der Waals surface area contributed by atoms with E-state index in [1.807, 2.05) is 18.4 Å². The first kappa shape index (κ1) is 12.6. The number of nitrogens with two attached hydrogens (primary N) is 1. The van der Waals surface area contributed by atoms with Gasteiger partial charge in [-0.05, 0) is 13.8 Å². The summed E-state index contributed by atoms with van der Waals surface area (Å²) in [5, 5.41) is 0.290. The lowest BCUT2D eigenvalue weighted by molar-refractivity contribution is -0.139. The predicted molar refractivity (Wildman–Crippen MR) is 69.6 cm³/mol. The van der Waals surface area contributed by atoms with Crippen molar-refractivity contribution in [3.63, 3.8) is 0 Å². The number of anilines is 1. The number of nitrogens with zero attached hydrogens (tertiary/aromatic N) is 4. The molecular formula is C11H14ClN5O2. The van der Waals surface area contributed by atoms with Crippen LogP contribution in [0.2, 0.25) is 5.15 Å². The Morgan fingerprint density at radius 1 is 1.53 bits per heavy atom. The van der Waals surface area contributed by atoms with Crippen LogP contribution in [0.25, 0.3) is 11.2 Å². The molecule has 2 N–H and O–H groups in total. The van der Waals surface area contributed by atoms with E-state index in [4.69, 9.17) is 26.8 Å². The van der Waals surface area contributed by atoms with E-state index >= 15 is 0 Å². The van der Waals surface area contributed by atoms with Crippen LogP contribution in [0.15, 0.2) is 6.33 Å². The van der Waals surface area contributed by atoms with Crippen LogP contribution in [0.4, 0.5) is 5.95 Å². The van der Waals surface area contributed by atoms with Crippen molar-refractivity contribution in [2.75, 3.05) is 12.3 Å². The maximum absolute atomic E-state index is 6.09. The van der Waals surface area contributed by atoms with Gasteiger partial charge in [-0.25, -0.2) is 4.98 Å². The summed E-state index contributed by atoms with van der Waals surface area (Å²) in [6.07, 6.45) is 1.60. The van der Waals surface area contributed by atoms with Gasteiger partial charge in [0.15, 0.2) is 16.6 Å². The van der Waals surface area contributed by atoms with Gasteiger partial charge in [0.25, 0.3) is 0 Å². The third-order valence-electron chi connectivity index (χ3n) is 2.91. The first-order valence-corrected chi connectivity index (χ1v) is 6.28. The molecule has 1 aliphatic rings. The van der Waals surface area contributed by atoms with E-state index in [-0.39, 0.29) is 17.2 Å². The Kier molecular flexibility index (Phi) is 2.84. The second-order valence-electron chi connectivity index (χ2n) is 4.89. The fourth-order valence-corrected chi connectivity index (χ4v) is 2.44. The van der Waals surface area contributed by atoms with E-state index in [1.54, 1.807) is 6.33 Å². The molecule has 1 fully saturated rings. The molecule has 0 aromatic carbocycles. The highest BCUT2D eigenvalue weighted by Gasteiger charge is 2.33. The standard InChI is InChI=1S/C11H14ClN5O2/c1-11(2)18-4-6(19-11)3-17-5-14-9-7(17)8(12)15-10(13)16-9/h5-6H,3-4H2,1-2H3,(H2,13,15,16). The van der Waals surface area contributed by atoms with Crippen molar-refractivity contribution in [1.29, 1.82) is 0 Å². The van der Waals surface area contributed by atoms with Gasteiger partial charge in [0, 0.05) is 0 Å². The van der Waals surface area contributed by atoms with Crippen LogP contribution in [0.3, 0.4) is 0 Å². The smallest absolute Gasteiger partial charge is 0.223 e. The molecule has 1 saturated heterocycles. The summed E-state index contributed by atoms with van der Waals surface area (Å²) in [4.78, 5) is 12.1. The fraction of sp³-hybridized carbons (Fsp3) is 0.545. The molecule has 1 aliphatic heterocycles. The average Bonchev–Trinajstić information content (AvgIpc) is 2.83. The normalized spacial score (nSPS) is 22.2. The molecule has 0 aliphatic carbocycles. The van der Waals surface area contributed by atoms with Crippen molar-refractivity contribution >= 4 is 28.7 Å². The van der Waals surface area contributed by atoms with Gasteiger partial charge in [0.1, 0.15) is 11.6 Å². The minimum Gasteiger partial charge on any atom is -0.368 e. The molecule has 102 valence electrons. The van der Waals surface area contributed by atoms with Gasteiger partial charge in [0.2, 0.25) is 5.95 Å². The Labute approximate surface area is 114 Å². The highest BCUT2D eigenvalue weighted by Crippen LogP contribution is 2.25. The number of nitrogen functional groups attached to an aromatic ring is 1. The zero-order chi connectivity index (χ0) is 13.6. The van der Waals surface area contributed by atoms with Crippen molar-refractivity contribution in [1.82, 2.24) is 19.5 Å². The van der Waals surface area contributed by atoms with Crippen LogP contribution in [-0.4, -0.2) is 38.0 Å². The van der Waals surface area contributed by atoms with E-state index < -0.39 is 5.79 Å². The molecule has 0 spiro atoms. The number of hydrogen-bond acceptors (Lipinski definition) is 6. The van der Waals surface area contributed by atoms with Gasteiger partial charge in [-0.3, -0.25) is 0 Å². The topological polar surface area (TPSA) is 88.1 Å². The van der Waals surface area contributed by atoms with Crippen molar-refractivity contribution in [3.8, 4) is 0 Å². The second-order valence-corrected chi connectivity index (χ2v) is 5.25. The third-order valence-corrected chi connectivity index (χ3v) is 3.18. The van der Waals surface area contributed by atoms with Crippen LogP contribution in [0.5, 0.6) is 0 Å². The molecule has 8 heteroatoms. The zero-order valence-corrected chi connectivity index (χ0v) is 11.4. The number of fused-ring (bicyclic) bond motifs is 1. The third kappa shape index (κ3) is 2.36. The lowest BCUT2D eigenvalue weighted by Crippen LogP contribution is -2.24. The summed E-state index contributed by atoms with van der Waals surface area (Å²) in [6.45, 7) is 4.87. The maximum atomic E-state index is 6.09. The number of imidazole rings is 1. The van der Waals surface area contributed by atoms with Crippen molar-refractivity contribution in [2.45, 2.75) is 32.3 Å². The summed E-state index contributed by atoms with van der Waals surface area (Å²) >= 11 is 6.09. The second kappa shape index (κ2) is 4.29. The van der Waals surface area contributed by atoms with Crippen LogP contribution in [0.1, 0.15) is 13.8 Å². The molecule has 7 nitrogen and oxygen atoms in total. The minimum atomic E-state index is -0.550. The van der Waals surface area contributed by atoms with Gasteiger partial charge in [-0.15, -0.1) is 0 Å². The van der Waals surface area contributed by atoms with Gasteiger partial charge < -0.3 is 19.8 Å². The molecule has 0 bridgehead atoms. The minimum absolute atomic E-state index is 0.0546. The molecule has 1 atom stereocenters. The van der Waals surface area contributed by atoms with E-state index in [0.717, 1.165) is 0 Å². The Morgan fingerprint density at radius 3 is 3.00 bits per heavy atom. The van der Waals surface area contributed by atoms with Gasteiger partial charge >= 0.3 is 0 Å². The molecule has 0 saturated carbocycles. The highest BCUT2D eigenvalue weighted by molar-refractivity contribution is 6.33. The van der Waals surface area contributed by atoms with Gasteiger partial charge in [-0.1, -0.05) is 11.6 Å². The monoisotopic (exact) mass is 283 g/mol.